The van der Waals surface area contributed by atoms with Crippen LogP contribution in [0.5, 0.6) is 0 Å². The number of rotatable bonds is 4. The fraction of sp³-hybridized carbons (Fsp3) is 0.643. The van der Waals surface area contributed by atoms with Crippen molar-refractivity contribution < 1.29 is 13.2 Å². The van der Waals surface area contributed by atoms with Gasteiger partial charge in [-0.3, -0.25) is 0 Å². The Kier molecular flexibility index (Phi) is 5.41. The lowest BCUT2D eigenvalue weighted by Crippen LogP contribution is -2.32. The normalized spacial score (nSPS) is 17.8. The van der Waals surface area contributed by atoms with E-state index < -0.39 is 11.9 Å². The molecule has 0 unspecified atom stereocenters. The summed E-state index contributed by atoms with van der Waals surface area (Å²) in [6.07, 6.45) is -2.53. The van der Waals surface area contributed by atoms with Crippen LogP contribution in [0.25, 0.3) is 0 Å². The molecule has 2 rings (SSSR count). The second kappa shape index (κ2) is 7.09. The van der Waals surface area contributed by atoms with Crippen LogP contribution in [-0.4, -0.2) is 49.2 Å². The van der Waals surface area contributed by atoms with Crippen molar-refractivity contribution in [2.24, 2.45) is 5.73 Å². The van der Waals surface area contributed by atoms with E-state index in [0.29, 0.717) is 18.9 Å². The highest BCUT2D eigenvalue weighted by molar-refractivity contribution is 5.40. The van der Waals surface area contributed by atoms with Crippen molar-refractivity contribution in [2.45, 2.75) is 19.0 Å². The summed E-state index contributed by atoms with van der Waals surface area (Å²) in [5, 5.41) is 0. The third-order valence-corrected chi connectivity index (χ3v) is 3.62. The first kappa shape index (κ1) is 16.0. The van der Waals surface area contributed by atoms with Gasteiger partial charge in [-0.15, -0.1) is 0 Å². The molecule has 1 aliphatic heterocycles. The molecule has 1 aromatic rings. The summed E-state index contributed by atoms with van der Waals surface area (Å²) < 4.78 is 38.1. The lowest BCUT2D eigenvalue weighted by molar-refractivity contribution is -0.141. The van der Waals surface area contributed by atoms with Crippen molar-refractivity contribution >= 4 is 5.82 Å². The molecule has 2 heterocycles. The molecular weight excluding hydrogens is 281 g/mol. The van der Waals surface area contributed by atoms with E-state index in [1.54, 1.807) is 6.07 Å². The van der Waals surface area contributed by atoms with Gasteiger partial charge in [-0.25, -0.2) is 4.98 Å². The Morgan fingerprint density at radius 1 is 1.14 bits per heavy atom. The van der Waals surface area contributed by atoms with Crippen LogP contribution in [0.1, 0.15) is 18.5 Å². The van der Waals surface area contributed by atoms with E-state index in [2.05, 4.69) is 9.88 Å². The summed E-state index contributed by atoms with van der Waals surface area (Å²) >= 11 is 0. The summed E-state index contributed by atoms with van der Waals surface area (Å²) in [6.45, 7) is 4.81. The highest BCUT2D eigenvalue weighted by Crippen LogP contribution is 2.29. The quantitative estimate of drug-likeness (QED) is 0.923. The third kappa shape index (κ3) is 4.57. The second-order valence-electron chi connectivity index (χ2n) is 5.20. The maximum Gasteiger partial charge on any atom is 0.433 e. The molecule has 4 nitrogen and oxygen atoms in total. The van der Waals surface area contributed by atoms with Gasteiger partial charge < -0.3 is 15.5 Å². The zero-order chi connectivity index (χ0) is 15.3. The van der Waals surface area contributed by atoms with Crippen LogP contribution in [-0.2, 0) is 6.18 Å². The maximum absolute atomic E-state index is 12.7. The van der Waals surface area contributed by atoms with Gasteiger partial charge in [-0.1, -0.05) is 6.07 Å². The molecule has 0 radical (unpaired) electrons. The number of halogens is 3. The number of hydrogen-bond donors (Lipinski definition) is 1. The predicted molar refractivity (Wildman–Crippen MR) is 76.2 cm³/mol. The SMILES string of the molecule is NCCCN1CCCN(c2cccc(C(F)(F)F)n2)CC1. The zero-order valence-electron chi connectivity index (χ0n) is 11.9. The van der Waals surface area contributed by atoms with Gasteiger partial charge in [-0.05, 0) is 44.6 Å². The molecule has 0 atom stereocenters. The van der Waals surface area contributed by atoms with Gasteiger partial charge in [-0.2, -0.15) is 13.2 Å². The van der Waals surface area contributed by atoms with Crippen LogP contribution in [0.2, 0.25) is 0 Å². The first-order valence-corrected chi connectivity index (χ1v) is 7.22. The fourth-order valence-electron chi connectivity index (χ4n) is 2.50. The standard InChI is InChI=1S/C14H21F3N4/c15-14(16,17)12-4-1-5-13(19-12)21-9-3-8-20(10-11-21)7-2-6-18/h1,4-5H,2-3,6-11,18H2. The molecular formula is C14H21F3N4. The van der Waals surface area contributed by atoms with Gasteiger partial charge >= 0.3 is 6.18 Å². The van der Waals surface area contributed by atoms with Gasteiger partial charge in [0.15, 0.2) is 0 Å². The minimum Gasteiger partial charge on any atom is -0.355 e. The number of anilines is 1. The first-order chi connectivity index (χ1) is 10.0. The highest BCUT2D eigenvalue weighted by Gasteiger charge is 2.32. The van der Waals surface area contributed by atoms with Crippen molar-refractivity contribution in [3.05, 3.63) is 23.9 Å². The second-order valence-corrected chi connectivity index (χ2v) is 5.20. The molecule has 1 aliphatic rings. The molecule has 1 aromatic heterocycles. The smallest absolute Gasteiger partial charge is 0.355 e. The van der Waals surface area contributed by atoms with Crippen LogP contribution in [0.3, 0.4) is 0 Å². The van der Waals surface area contributed by atoms with Crippen molar-refractivity contribution in [3.8, 4) is 0 Å². The molecule has 118 valence electrons. The minimum atomic E-state index is -4.39. The molecule has 0 amide bonds. The number of nitrogens with two attached hydrogens (primary N) is 1. The lowest BCUT2D eigenvalue weighted by atomic mass is 10.3. The summed E-state index contributed by atoms with van der Waals surface area (Å²) in [6, 6.07) is 4.07. The van der Waals surface area contributed by atoms with Crippen molar-refractivity contribution in [1.82, 2.24) is 9.88 Å². The van der Waals surface area contributed by atoms with Gasteiger partial charge in [0, 0.05) is 19.6 Å². The fourth-order valence-corrected chi connectivity index (χ4v) is 2.50. The highest BCUT2D eigenvalue weighted by atomic mass is 19.4. The van der Waals surface area contributed by atoms with E-state index in [1.165, 1.54) is 6.07 Å². The van der Waals surface area contributed by atoms with Crippen LogP contribution in [0, 0.1) is 0 Å². The van der Waals surface area contributed by atoms with E-state index in [0.717, 1.165) is 45.1 Å². The van der Waals surface area contributed by atoms with Gasteiger partial charge in [0.2, 0.25) is 0 Å². The molecule has 0 saturated carbocycles. The molecule has 0 aliphatic carbocycles. The lowest BCUT2D eigenvalue weighted by Gasteiger charge is -2.23. The summed E-state index contributed by atoms with van der Waals surface area (Å²) in [4.78, 5) is 7.99. The number of aromatic nitrogens is 1. The van der Waals surface area contributed by atoms with Gasteiger partial charge in [0.1, 0.15) is 11.5 Å². The number of nitrogens with zero attached hydrogens (tertiary/aromatic N) is 3. The Bertz CT molecular complexity index is 450. The molecule has 0 aromatic carbocycles. The summed E-state index contributed by atoms with van der Waals surface area (Å²) in [5.41, 5.74) is 4.68. The van der Waals surface area contributed by atoms with Crippen LogP contribution in [0.15, 0.2) is 18.2 Å². The third-order valence-electron chi connectivity index (χ3n) is 3.62. The van der Waals surface area contributed by atoms with Crippen molar-refractivity contribution in [1.29, 1.82) is 0 Å². The molecule has 21 heavy (non-hydrogen) atoms. The van der Waals surface area contributed by atoms with E-state index in [4.69, 9.17) is 5.73 Å². The number of pyridine rings is 1. The van der Waals surface area contributed by atoms with Gasteiger partial charge in [0.25, 0.3) is 0 Å². The maximum atomic E-state index is 12.7. The zero-order valence-corrected chi connectivity index (χ0v) is 11.9. The summed E-state index contributed by atoms with van der Waals surface area (Å²) in [5.74, 6) is 0.408. The Labute approximate surface area is 122 Å². The predicted octanol–water partition coefficient (Wildman–Crippen LogP) is 1.96. The topological polar surface area (TPSA) is 45.4 Å². The monoisotopic (exact) mass is 302 g/mol. The molecule has 2 N–H and O–H groups in total. The molecule has 0 bridgehead atoms. The molecule has 0 spiro atoms. The van der Waals surface area contributed by atoms with Crippen molar-refractivity contribution in [2.75, 3.05) is 44.2 Å². The Morgan fingerprint density at radius 3 is 2.67 bits per heavy atom. The molecule has 1 fully saturated rings. The number of hydrogen-bond acceptors (Lipinski definition) is 4. The van der Waals surface area contributed by atoms with Crippen molar-refractivity contribution in [3.63, 3.8) is 0 Å². The van der Waals surface area contributed by atoms with Crippen LogP contribution in [0.4, 0.5) is 19.0 Å². The van der Waals surface area contributed by atoms with Gasteiger partial charge in [0.05, 0.1) is 0 Å². The largest absolute Gasteiger partial charge is 0.433 e. The Balaban J connectivity index is 2.02. The van der Waals surface area contributed by atoms with Crippen LogP contribution >= 0.6 is 0 Å². The average molecular weight is 302 g/mol. The summed E-state index contributed by atoms with van der Waals surface area (Å²) in [7, 11) is 0. The first-order valence-electron chi connectivity index (χ1n) is 7.22. The molecule has 1 saturated heterocycles. The molecule has 7 heteroatoms. The van der Waals surface area contributed by atoms with E-state index in [9.17, 15) is 13.2 Å². The minimum absolute atomic E-state index is 0.408. The van der Waals surface area contributed by atoms with E-state index in [1.807, 2.05) is 4.90 Å². The van der Waals surface area contributed by atoms with Crippen LogP contribution < -0.4 is 10.6 Å². The Hall–Kier alpha value is -1.34. The Morgan fingerprint density at radius 2 is 1.95 bits per heavy atom. The van der Waals surface area contributed by atoms with E-state index >= 15 is 0 Å². The van der Waals surface area contributed by atoms with E-state index in [-0.39, 0.29) is 0 Å². The number of alkyl halides is 3. The average Bonchev–Trinajstić information content (AvgIpc) is 2.70.